The molecule has 0 aromatic heterocycles. The van der Waals surface area contributed by atoms with Gasteiger partial charge in [-0.05, 0) is 48.9 Å². The van der Waals surface area contributed by atoms with E-state index in [9.17, 15) is 0 Å². The van der Waals surface area contributed by atoms with Crippen molar-refractivity contribution < 1.29 is 0 Å². The second-order valence-electron chi connectivity index (χ2n) is 4.05. The molecule has 0 aliphatic heterocycles. The van der Waals surface area contributed by atoms with E-state index in [0.29, 0.717) is 11.1 Å². The smallest absolute Gasteiger partial charge is 0.0991 e. The van der Waals surface area contributed by atoms with E-state index >= 15 is 0 Å². The van der Waals surface area contributed by atoms with Crippen LogP contribution in [-0.2, 0) is 0 Å². The van der Waals surface area contributed by atoms with E-state index in [4.69, 9.17) is 10.5 Å². The van der Waals surface area contributed by atoms with E-state index in [0.717, 1.165) is 17.0 Å². The Morgan fingerprint density at radius 1 is 0.842 bits per heavy atom. The Morgan fingerprint density at radius 3 is 1.79 bits per heavy atom. The quantitative estimate of drug-likeness (QED) is 0.759. The summed E-state index contributed by atoms with van der Waals surface area (Å²) in [6, 6.07) is 18.6. The molecule has 2 aromatic carbocycles. The third kappa shape index (κ3) is 3.06. The van der Waals surface area contributed by atoms with E-state index < -0.39 is 0 Å². The van der Waals surface area contributed by atoms with Crippen molar-refractivity contribution in [2.75, 3.05) is 0 Å². The number of hydrogen-bond donors (Lipinski definition) is 0. The Bertz CT molecular complexity index is 681. The van der Waals surface area contributed by atoms with Gasteiger partial charge in [0.15, 0.2) is 0 Å². The highest BCUT2D eigenvalue weighted by Gasteiger charge is 1.99. The number of aliphatic imine (C=N–C) groups is 1. The first-order valence-electron chi connectivity index (χ1n) is 5.79. The molecule has 0 heterocycles. The van der Waals surface area contributed by atoms with Gasteiger partial charge in [0.2, 0.25) is 0 Å². The molecule has 2 aromatic rings. The van der Waals surface area contributed by atoms with Crippen molar-refractivity contribution in [2.45, 2.75) is 6.92 Å². The first-order chi connectivity index (χ1) is 9.22. The van der Waals surface area contributed by atoms with Gasteiger partial charge in [0.25, 0.3) is 0 Å². The van der Waals surface area contributed by atoms with Crippen LogP contribution >= 0.6 is 0 Å². The predicted molar refractivity (Wildman–Crippen MR) is 74.2 cm³/mol. The molecular weight excluding hydrogens is 234 g/mol. The highest BCUT2D eigenvalue weighted by molar-refractivity contribution is 6.00. The molecule has 0 atom stereocenters. The lowest BCUT2D eigenvalue weighted by molar-refractivity contribution is 1.44. The van der Waals surface area contributed by atoms with Gasteiger partial charge >= 0.3 is 0 Å². The maximum absolute atomic E-state index is 8.75. The zero-order valence-electron chi connectivity index (χ0n) is 10.5. The average Bonchev–Trinajstić information content (AvgIpc) is 2.48. The van der Waals surface area contributed by atoms with Crippen molar-refractivity contribution in [3.8, 4) is 12.1 Å². The molecule has 0 aliphatic carbocycles. The lowest BCUT2D eigenvalue weighted by Crippen LogP contribution is -1.93. The molecule has 0 radical (unpaired) electrons. The molecule has 2 rings (SSSR count). The Balaban J connectivity index is 2.26. The van der Waals surface area contributed by atoms with Crippen LogP contribution in [0.3, 0.4) is 0 Å². The first kappa shape index (κ1) is 12.5. The number of rotatable bonds is 2. The van der Waals surface area contributed by atoms with Crippen LogP contribution in [0.2, 0.25) is 0 Å². The minimum absolute atomic E-state index is 0.620. The summed E-state index contributed by atoms with van der Waals surface area (Å²) in [6.45, 7) is 1.92. The SMILES string of the molecule is C/C(=N\c1ccc(C#N)cc1)c1ccc(C#N)cc1. The van der Waals surface area contributed by atoms with Crippen LogP contribution in [0.4, 0.5) is 5.69 Å². The summed E-state index contributed by atoms with van der Waals surface area (Å²) in [5, 5.41) is 17.5. The van der Waals surface area contributed by atoms with Crippen molar-refractivity contribution in [1.82, 2.24) is 0 Å². The third-order valence-corrected chi connectivity index (χ3v) is 2.72. The van der Waals surface area contributed by atoms with Gasteiger partial charge in [-0.25, -0.2) is 0 Å². The third-order valence-electron chi connectivity index (χ3n) is 2.72. The number of nitriles is 2. The fraction of sp³-hybridized carbons (Fsp3) is 0.0625. The van der Waals surface area contributed by atoms with Crippen LogP contribution < -0.4 is 0 Å². The topological polar surface area (TPSA) is 59.9 Å². The predicted octanol–water partition coefficient (Wildman–Crippen LogP) is 3.57. The molecule has 3 heteroatoms. The highest BCUT2D eigenvalue weighted by Crippen LogP contribution is 2.15. The van der Waals surface area contributed by atoms with Gasteiger partial charge in [-0.3, -0.25) is 4.99 Å². The summed E-state index contributed by atoms with van der Waals surface area (Å²) in [7, 11) is 0. The molecule has 0 saturated carbocycles. The zero-order valence-corrected chi connectivity index (χ0v) is 10.5. The van der Waals surface area contributed by atoms with Gasteiger partial charge in [-0.2, -0.15) is 10.5 Å². The number of hydrogen-bond acceptors (Lipinski definition) is 3. The summed E-state index contributed by atoms with van der Waals surface area (Å²) >= 11 is 0. The van der Waals surface area contributed by atoms with Crippen molar-refractivity contribution in [2.24, 2.45) is 4.99 Å². The average molecular weight is 245 g/mol. The monoisotopic (exact) mass is 245 g/mol. The van der Waals surface area contributed by atoms with Crippen LogP contribution in [-0.4, -0.2) is 5.71 Å². The molecule has 19 heavy (non-hydrogen) atoms. The van der Waals surface area contributed by atoms with Crippen molar-refractivity contribution in [3.05, 3.63) is 65.2 Å². The van der Waals surface area contributed by atoms with Crippen molar-refractivity contribution in [1.29, 1.82) is 10.5 Å². The van der Waals surface area contributed by atoms with Crippen molar-refractivity contribution >= 4 is 11.4 Å². The maximum Gasteiger partial charge on any atom is 0.0991 e. The molecule has 0 spiro atoms. The van der Waals surface area contributed by atoms with Crippen LogP contribution in [0.25, 0.3) is 0 Å². The van der Waals surface area contributed by atoms with Gasteiger partial charge < -0.3 is 0 Å². The van der Waals surface area contributed by atoms with Crippen LogP contribution in [0.5, 0.6) is 0 Å². The Kier molecular flexibility index (Phi) is 3.71. The molecular formula is C16H11N3. The lowest BCUT2D eigenvalue weighted by atomic mass is 10.1. The molecule has 0 N–H and O–H groups in total. The van der Waals surface area contributed by atoms with E-state index in [1.54, 1.807) is 24.3 Å². The van der Waals surface area contributed by atoms with Crippen LogP contribution in [0, 0.1) is 22.7 Å². The van der Waals surface area contributed by atoms with E-state index in [-0.39, 0.29) is 0 Å². The second-order valence-corrected chi connectivity index (χ2v) is 4.05. The number of benzene rings is 2. The Labute approximate surface area is 112 Å². The fourth-order valence-corrected chi connectivity index (χ4v) is 1.65. The standard InChI is InChI=1S/C16H11N3/c1-12(15-6-2-13(10-17)3-7-15)19-16-8-4-14(11-18)5-9-16/h2-9H,1H3/b19-12+. The summed E-state index contributed by atoms with van der Waals surface area (Å²) < 4.78 is 0. The van der Waals surface area contributed by atoms with Crippen molar-refractivity contribution in [3.63, 3.8) is 0 Å². The first-order valence-corrected chi connectivity index (χ1v) is 5.79. The van der Waals surface area contributed by atoms with Crippen LogP contribution in [0.1, 0.15) is 23.6 Å². The van der Waals surface area contributed by atoms with Gasteiger partial charge in [-0.15, -0.1) is 0 Å². The summed E-state index contributed by atoms with van der Waals surface area (Å²) in [5.41, 5.74) is 3.91. The van der Waals surface area contributed by atoms with Gasteiger partial charge in [0.1, 0.15) is 0 Å². The summed E-state index contributed by atoms with van der Waals surface area (Å²) in [6.07, 6.45) is 0. The van der Waals surface area contributed by atoms with E-state index in [1.807, 2.05) is 31.2 Å². The zero-order chi connectivity index (χ0) is 13.7. The molecule has 0 unspecified atom stereocenters. The molecule has 0 bridgehead atoms. The molecule has 0 amide bonds. The van der Waals surface area contributed by atoms with Gasteiger partial charge in [0, 0.05) is 5.71 Å². The minimum atomic E-state index is 0.620. The number of nitrogens with zero attached hydrogens (tertiary/aromatic N) is 3. The fourth-order valence-electron chi connectivity index (χ4n) is 1.65. The van der Waals surface area contributed by atoms with Crippen LogP contribution in [0.15, 0.2) is 53.5 Å². The summed E-state index contributed by atoms with van der Waals surface area (Å²) in [5.74, 6) is 0. The van der Waals surface area contributed by atoms with Gasteiger partial charge in [0.05, 0.1) is 29.0 Å². The molecule has 0 saturated heterocycles. The molecule has 0 aliphatic rings. The largest absolute Gasteiger partial charge is 0.253 e. The minimum Gasteiger partial charge on any atom is -0.253 e. The Hall–Kier alpha value is -2.91. The van der Waals surface area contributed by atoms with Gasteiger partial charge in [-0.1, -0.05) is 12.1 Å². The molecule has 0 fully saturated rings. The Morgan fingerprint density at radius 2 is 1.32 bits per heavy atom. The maximum atomic E-state index is 8.75. The highest BCUT2D eigenvalue weighted by atomic mass is 14.7. The lowest BCUT2D eigenvalue weighted by Gasteiger charge is -2.01. The summed E-state index contributed by atoms with van der Waals surface area (Å²) in [4.78, 5) is 4.48. The van der Waals surface area contributed by atoms with E-state index in [1.165, 1.54) is 0 Å². The molecule has 3 nitrogen and oxygen atoms in total. The second kappa shape index (κ2) is 5.62. The molecule has 90 valence electrons. The normalized spacial score (nSPS) is 10.6. The van der Waals surface area contributed by atoms with E-state index in [2.05, 4.69) is 17.1 Å².